The van der Waals surface area contributed by atoms with Gasteiger partial charge in [-0.25, -0.2) is 4.79 Å². The number of carboxylic acid groups (broad SMARTS) is 1. The molecule has 1 aromatic carbocycles. The van der Waals surface area contributed by atoms with Crippen molar-refractivity contribution in [1.29, 1.82) is 10.7 Å². The predicted molar refractivity (Wildman–Crippen MR) is 122 cm³/mol. The van der Waals surface area contributed by atoms with E-state index < -0.39 is 36.0 Å². The molecule has 0 aromatic heterocycles. The summed E-state index contributed by atoms with van der Waals surface area (Å²) in [5, 5.41) is 32.4. The van der Waals surface area contributed by atoms with E-state index in [2.05, 4.69) is 22.5 Å². The molecule has 1 rings (SSSR count). The number of nitrogens with two attached hydrogens (primary N) is 1. The minimum absolute atomic E-state index is 0.00884. The molecular weight excluding hydrogens is 444 g/mol. The van der Waals surface area contributed by atoms with Crippen LogP contribution >= 0.6 is 0 Å². The summed E-state index contributed by atoms with van der Waals surface area (Å²) in [5.74, 6) is -2.67. The molecule has 182 valence electrons. The molecule has 7 N–H and O–H groups in total. The van der Waals surface area contributed by atoms with Crippen molar-refractivity contribution in [2.75, 3.05) is 13.2 Å². The zero-order valence-corrected chi connectivity index (χ0v) is 18.5. The van der Waals surface area contributed by atoms with Crippen LogP contribution in [0.25, 0.3) is 0 Å². The van der Waals surface area contributed by atoms with Crippen LogP contribution in [0.2, 0.25) is 0 Å². The molecule has 0 spiro atoms. The minimum atomic E-state index is -1.20. The second-order valence-electron chi connectivity index (χ2n) is 7.09. The molecule has 2 atom stereocenters. The molecule has 0 fully saturated rings. The summed E-state index contributed by atoms with van der Waals surface area (Å²) in [6.45, 7) is 3.38. The first-order valence-electron chi connectivity index (χ1n) is 10.3. The van der Waals surface area contributed by atoms with Gasteiger partial charge in [-0.05, 0) is 12.0 Å². The van der Waals surface area contributed by atoms with Crippen LogP contribution in [0, 0.1) is 16.7 Å². The Kier molecular flexibility index (Phi) is 11.9. The van der Waals surface area contributed by atoms with Gasteiger partial charge in [0, 0.05) is 24.9 Å². The number of ether oxygens (including phenoxy) is 1. The fourth-order valence-corrected chi connectivity index (χ4v) is 2.76. The van der Waals surface area contributed by atoms with Crippen molar-refractivity contribution in [3.8, 4) is 6.07 Å². The Bertz CT molecular complexity index is 940. The van der Waals surface area contributed by atoms with E-state index in [1.165, 1.54) is 6.08 Å². The molecule has 12 heteroatoms. The van der Waals surface area contributed by atoms with Crippen LogP contribution in [0.1, 0.15) is 30.4 Å². The summed E-state index contributed by atoms with van der Waals surface area (Å²) in [7, 11) is 0. The van der Waals surface area contributed by atoms with Crippen LogP contribution in [0.3, 0.4) is 0 Å². The number of nitrogens with zero attached hydrogens (tertiary/aromatic N) is 1. The number of hydrogen-bond acceptors (Lipinski definition) is 7. The number of nitriles is 1. The molecule has 0 saturated heterocycles. The average Bonchev–Trinajstić information content (AvgIpc) is 2.80. The number of benzene rings is 1. The topological polar surface area (TPSA) is 207 Å². The van der Waals surface area contributed by atoms with E-state index >= 15 is 0 Å². The first-order chi connectivity index (χ1) is 16.2. The maximum absolute atomic E-state index is 13.0. The van der Waals surface area contributed by atoms with Crippen LogP contribution in [0.5, 0.6) is 0 Å². The number of carboxylic acids is 1. The Morgan fingerprint density at radius 1 is 1.18 bits per heavy atom. The van der Waals surface area contributed by atoms with Crippen LogP contribution < -0.4 is 21.7 Å². The standard InChI is InChI=1S/C22H28N6O6/c1-2-12-34-22(33)28-17(13-14-4-6-15(7-5-14)19(24)25)21(32)27-16(8-9-18(29)30)20(31)26-11-3-10-23/h2,4-7,16-17H,1,3,8-9,11-13H2,(H3,24,25)(H,26,31)(H,27,32)(H,28,33)(H,29,30)/t16-,17-/m0/s1. The van der Waals surface area contributed by atoms with Gasteiger partial charge in [0.25, 0.3) is 0 Å². The fraction of sp³-hybridized carbons (Fsp3) is 0.364. The zero-order valence-electron chi connectivity index (χ0n) is 18.5. The zero-order chi connectivity index (χ0) is 25.5. The van der Waals surface area contributed by atoms with Gasteiger partial charge in [-0.1, -0.05) is 36.9 Å². The molecule has 1 aromatic rings. The first kappa shape index (κ1) is 27.6. The van der Waals surface area contributed by atoms with E-state index in [0.29, 0.717) is 11.1 Å². The summed E-state index contributed by atoms with van der Waals surface area (Å²) in [6, 6.07) is 5.92. The highest BCUT2D eigenvalue weighted by Gasteiger charge is 2.27. The van der Waals surface area contributed by atoms with E-state index in [0.717, 1.165) is 0 Å². The molecule has 0 saturated carbocycles. The maximum Gasteiger partial charge on any atom is 0.408 e. The number of aliphatic carboxylic acids is 1. The summed E-state index contributed by atoms with van der Waals surface area (Å²) in [5.41, 5.74) is 6.54. The normalized spacial score (nSPS) is 11.7. The van der Waals surface area contributed by atoms with Gasteiger partial charge in [-0.2, -0.15) is 5.26 Å². The molecule has 12 nitrogen and oxygen atoms in total. The second-order valence-corrected chi connectivity index (χ2v) is 7.09. The van der Waals surface area contributed by atoms with E-state index in [1.54, 1.807) is 24.3 Å². The molecule has 34 heavy (non-hydrogen) atoms. The number of amidine groups is 1. The van der Waals surface area contributed by atoms with Crippen LogP contribution in [0.15, 0.2) is 36.9 Å². The maximum atomic E-state index is 13.0. The Labute approximate surface area is 196 Å². The van der Waals surface area contributed by atoms with Gasteiger partial charge < -0.3 is 31.5 Å². The van der Waals surface area contributed by atoms with Crippen molar-refractivity contribution in [1.82, 2.24) is 16.0 Å². The molecule has 0 aliphatic rings. The molecule has 0 aliphatic carbocycles. The number of alkyl carbamates (subject to hydrolysis) is 1. The summed E-state index contributed by atoms with van der Waals surface area (Å²) in [6.07, 6.45) is -0.0671. The van der Waals surface area contributed by atoms with E-state index in [9.17, 15) is 19.2 Å². The van der Waals surface area contributed by atoms with Gasteiger partial charge >= 0.3 is 12.1 Å². The van der Waals surface area contributed by atoms with Crippen molar-refractivity contribution in [2.24, 2.45) is 5.73 Å². The summed E-state index contributed by atoms with van der Waals surface area (Å²) >= 11 is 0. The van der Waals surface area contributed by atoms with Crippen molar-refractivity contribution in [3.05, 3.63) is 48.0 Å². The molecule has 0 unspecified atom stereocenters. The number of carbonyl (C=O) groups excluding carboxylic acids is 3. The lowest BCUT2D eigenvalue weighted by atomic mass is 10.0. The van der Waals surface area contributed by atoms with Gasteiger partial charge in [-0.3, -0.25) is 19.8 Å². The van der Waals surface area contributed by atoms with Crippen LogP contribution in [0.4, 0.5) is 4.79 Å². The smallest absolute Gasteiger partial charge is 0.408 e. The molecule has 0 radical (unpaired) electrons. The van der Waals surface area contributed by atoms with Gasteiger partial charge in [0.15, 0.2) is 0 Å². The van der Waals surface area contributed by atoms with Crippen molar-refractivity contribution in [2.45, 2.75) is 37.8 Å². The predicted octanol–water partition coefficient (Wildman–Crippen LogP) is 0.173. The third kappa shape index (κ3) is 10.3. The van der Waals surface area contributed by atoms with Gasteiger partial charge in [-0.15, -0.1) is 0 Å². The Balaban J connectivity index is 3.03. The lowest BCUT2D eigenvalue weighted by Crippen LogP contribution is -2.54. The Morgan fingerprint density at radius 2 is 1.85 bits per heavy atom. The molecule has 0 heterocycles. The lowest BCUT2D eigenvalue weighted by Gasteiger charge is -2.23. The Morgan fingerprint density at radius 3 is 2.41 bits per heavy atom. The number of carbonyl (C=O) groups is 4. The number of rotatable bonds is 14. The summed E-state index contributed by atoms with van der Waals surface area (Å²) in [4.78, 5) is 48.5. The molecular formula is C22H28N6O6. The van der Waals surface area contributed by atoms with Crippen molar-refractivity contribution in [3.63, 3.8) is 0 Å². The van der Waals surface area contributed by atoms with Gasteiger partial charge in [0.05, 0.1) is 12.5 Å². The number of nitrogens with one attached hydrogen (secondary N) is 4. The highest BCUT2D eigenvalue weighted by molar-refractivity contribution is 5.95. The third-order valence-corrected chi connectivity index (χ3v) is 4.46. The minimum Gasteiger partial charge on any atom is -0.481 e. The highest BCUT2D eigenvalue weighted by atomic mass is 16.5. The second kappa shape index (κ2) is 14.6. The van der Waals surface area contributed by atoms with Crippen LogP contribution in [-0.2, 0) is 25.5 Å². The summed E-state index contributed by atoms with van der Waals surface area (Å²) < 4.78 is 4.88. The van der Waals surface area contributed by atoms with Gasteiger partial charge in [0.1, 0.15) is 24.5 Å². The third-order valence-electron chi connectivity index (χ3n) is 4.46. The van der Waals surface area contributed by atoms with Crippen molar-refractivity contribution < 1.29 is 29.0 Å². The number of hydrogen-bond donors (Lipinski definition) is 6. The largest absolute Gasteiger partial charge is 0.481 e. The first-order valence-corrected chi connectivity index (χ1v) is 10.3. The van der Waals surface area contributed by atoms with E-state index in [4.69, 9.17) is 26.2 Å². The van der Waals surface area contributed by atoms with Crippen molar-refractivity contribution >= 4 is 29.7 Å². The quantitative estimate of drug-likeness (QED) is 0.0949. The van der Waals surface area contributed by atoms with E-state index in [1.807, 2.05) is 6.07 Å². The van der Waals surface area contributed by atoms with Gasteiger partial charge in [0.2, 0.25) is 11.8 Å². The fourth-order valence-electron chi connectivity index (χ4n) is 2.76. The number of amides is 3. The molecule has 3 amide bonds. The highest BCUT2D eigenvalue weighted by Crippen LogP contribution is 2.09. The average molecular weight is 473 g/mol. The SMILES string of the molecule is C=CCOC(=O)N[C@@H](Cc1ccc(C(=N)N)cc1)C(=O)N[C@@H](CCC(=O)O)C(=O)NCCC#N. The van der Waals surface area contributed by atoms with Crippen LogP contribution in [-0.4, -0.2) is 60.1 Å². The lowest BCUT2D eigenvalue weighted by molar-refractivity contribution is -0.138. The number of nitrogen functional groups attached to an aromatic ring is 1. The molecule has 0 bridgehead atoms. The molecule has 0 aliphatic heterocycles. The monoisotopic (exact) mass is 472 g/mol. The van der Waals surface area contributed by atoms with E-state index in [-0.39, 0.29) is 44.7 Å². The Hall–Kier alpha value is -4.40.